The standard InChI is InChI=1S/C28H35Cl2N5O4/c1-16(34-22(17(2)37)14-33-28(31-3)32-9-11-36)25-21(29)12-19-15-35(10-8-20(19)26(25)30)27(38)24-13-18-6-4-5-7-23(18)39-24/h4-7,13,21-22,28,31-34,36-37H,1-2,8-12,14-15H2,3H3/t21?,22-,28?/m0/s1. The van der Waals surface area contributed by atoms with Crippen LogP contribution >= 0.6 is 23.2 Å². The number of para-hydroxylation sites is 1. The van der Waals surface area contributed by atoms with Crippen LogP contribution in [-0.4, -0.2) is 78.6 Å². The monoisotopic (exact) mass is 575 g/mol. The first kappa shape index (κ1) is 29.2. The van der Waals surface area contributed by atoms with E-state index in [9.17, 15) is 9.90 Å². The Bertz CT molecular complexity index is 1270. The van der Waals surface area contributed by atoms with E-state index in [-0.39, 0.29) is 24.6 Å². The highest BCUT2D eigenvalue weighted by Crippen LogP contribution is 2.42. The van der Waals surface area contributed by atoms with Crippen LogP contribution in [0.15, 0.2) is 81.1 Å². The van der Waals surface area contributed by atoms with E-state index in [0.717, 1.165) is 16.5 Å². The van der Waals surface area contributed by atoms with Crippen molar-refractivity contribution in [2.45, 2.75) is 30.6 Å². The zero-order valence-corrected chi connectivity index (χ0v) is 23.4. The summed E-state index contributed by atoms with van der Waals surface area (Å²) in [6.45, 7) is 9.47. The number of benzene rings is 1. The molecule has 1 aliphatic carbocycles. The van der Waals surface area contributed by atoms with Gasteiger partial charge in [0.25, 0.3) is 5.91 Å². The fourth-order valence-corrected chi connectivity index (χ4v) is 5.86. The molecular formula is C28H35Cl2N5O4. The number of rotatable bonds is 12. The summed E-state index contributed by atoms with van der Waals surface area (Å²) in [6, 6.07) is 8.75. The second-order valence-electron chi connectivity index (χ2n) is 9.58. The van der Waals surface area contributed by atoms with Gasteiger partial charge in [-0.1, -0.05) is 43.0 Å². The van der Waals surface area contributed by atoms with E-state index in [1.165, 1.54) is 0 Å². The average molecular weight is 577 g/mol. The summed E-state index contributed by atoms with van der Waals surface area (Å²) in [5.41, 5.74) is 3.84. The van der Waals surface area contributed by atoms with E-state index in [4.69, 9.17) is 32.7 Å². The van der Waals surface area contributed by atoms with Crippen molar-refractivity contribution in [1.82, 2.24) is 26.2 Å². The Balaban J connectivity index is 1.45. The molecule has 0 saturated carbocycles. The van der Waals surface area contributed by atoms with Gasteiger partial charge >= 0.3 is 0 Å². The lowest BCUT2D eigenvalue weighted by molar-refractivity contribution is 0.0733. The number of fused-ring (bicyclic) bond motifs is 1. The normalized spacial score (nSPS) is 19.2. The molecular weight excluding hydrogens is 541 g/mol. The van der Waals surface area contributed by atoms with E-state index in [0.29, 0.717) is 66.7 Å². The predicted octanol–water partition coefficient (Wildman–Crippen LogP) is 3.30. The molecule has 1 aromatic carbocycles. The minimum absolute atomic E-state index is 0.00151. The molecule has 210 valence electrons. The Morgan fingerprint density at radius 1 is 1.28 bits per heavy atom. The number of furan rings is 1. The van der Waals surface area contributed by atoms with Crippen LogP contribution in [0.3, 0.4) is 0 Å². The van der Waals surface area contributed by atoms with Crippen molar-refractivity contribution in [1.29, 1.82) is 0 Å². The SMILES string of the molecule is C=C(N[C@@H](CNC(NC)NCCO)C(=C)O)C1=C(Cl)C2=C(CC1Cl)CN(C(=O)c1cc3ccccc3o1)CC2. The second-order valence-corrected chi connectivity index (χ2v) is 10.5. The van der Waals surface area contributed by atoms with Crippen LogP contribution in [0.5, 0.6) is 0 Å². The number of allylic oxidation sites excluding steroid dienone is 2. The molecule has 1 aromatic heterocycles. The van der Waals surface area contributed by atoms with Gasteiger partial charge in [-0.15, -0.1) is 11.6 Å². The number of aliphatic hydroxyl groups is 2. The van der Waals surface area contributed by atoms with Gasteiger partial charge in [0.2, 0.25) is 0 Å². The van der Waals surface area contributed by atoms with Crippen molar-refractivity contribution in [3.05, 3.63) is 82.5 Å². The minimum Gasteiger partial charge on any atom is -0.511 e. The molecule has 39 heavy (non-hydrogen) atoms. The third kappa shape index (κ3) is 6.69. The van der Waals surface area contributed by atoms with Gasteiger partial charge in [-0.05, 0) is 43.2 Å². The Morgan fingerprint density at radius 3 is 2.74 bits per heavy atom. The fourth-order valence-electron chi connectivity index (χ4n) is 4.90. The summed E-state index contributed by atoms with van der Waals surface area (Å²) < 4.78 is 5.79. The summed E-state index contributed by atoms with van der Waals surface area (Å²) in [5.74, 6) is 0.0805. The first-order valence-electron chi connectivity index (χ1n) is 12.8. The van der Waals surface area contributed by atoms with Crippen molar-refractivity contribution in [3.8, 4) is 0 Å². The van der Waals surface area contributed by atoms with Gasteiger partial charge < -0.3 is 24.8 Å². The number of carbonyl (C=O) groups is 1. The molecule has 6 N–H and O–H groups in total. The van der Waals surface area contributed by atoms with Crippen LogP contribution in [0.4, 0.5) is 0 Å². The summed E-state index contributed by atoms with van der Waals surface area (Å²) in [5, 5.41) is 32.7. The number of carbonyl (C=O) groups excluding carboxylic acids is 1. The lowest BCUT2D eigenvalue weighted by Crippen LogP contribution is -2.55. The molecule has 2 heterocycles. The highest BCUT2D eigenvalue weighted by Gasteiger charge is 2.34. The minimum atomic E-state index is -0.566. The van der Waals surface area contributed by atoms with Crippen LogP contribution in [0, 0.1) is 0 Å². The lowest BCUT2D eigenvalue weighted by Gasteiger charge is -2.36. The Hall–Kier alpha value is -2.79. The number of halogens is 2. The molecule has 9 nitrogen and oxygen atoms in total. The first-order chi connectivity index (χ1) is 18.7. The van der Waals surface area contributed by atoms with Crippen LogP contribution in [0.25, 0.3) is 11.0 Å². The van der Waals surface area contributed by atoms with Gasteiger partial charge in [0, 0.05) is 42.8 Å². The maximum absolute atomic E-state index is 13.2. The number of alkyl halides is 1. The molecule has 0 saturated heterocycles. The maximum Gasteiger partial charge on any atom is 0.289 e. The topological polar surface area (TPSA) is 122 Å². The third-order valence-electron chi connectivity index (χ3n) is 6.95. The molecule has 0 radical (unpaired) electrons. The van der Waals surface area contributed by atoms with Crippen LogP contribution < -0.4 is 21.3 Å². The third-order valence-corrected chi connectivity index (χ3v) is 7.76. The van der Waals surface area contributed by atoms with Gasteiger partial charge in [-0.2, -0.15) is 0 Å². The number of nitrogens with one attached hydrogen (secondary N) is 4. The zero-order valence-electron chi connectivity index (χ0n) is 21.9. The van der Waals surface area contributed by atoms with E-state index in [1.807, 2.05) is 24.3 Å². The fraction of sp³-hybridized carbons (Fsp3) is 0.393. The molecule has 1 aliphatic heterocycles. The number of nitrogens with zero attached hydrogens (tertiary/aromatic N) is 1. The zero-order chi connectivity index (χ0) is 28.1. The summed E-state index contributed by atoms with van der Waals surface area (Å²) in [7, 11) is 1.77. The smallest absolute Gasteiger partial charge is 0.289 e. The average Bonchev–Trinajstić information content (AvgIpc) is 3.36. The van der Waals surface area contributed by atoms with Crippen LogP contribution in [0.1, 0.15) is 23.4 Å². The van der Waals surface area contributed by atoms with Gasteiger partial charge in [0.05, 0.1) is 23.1 Å². The van der Waals surface area contributed by atoms with E-state index in [2.05, 4.69) is 34.4 Å². The predicted molar refractivity (Wildman–Crippen MR) is 155 cm³/mol. The highest BCUT2D eigenvalue weighted by molar-refractivity contribution is 6.34. The Labute approximate surface area is 238 Å². The molecule has 2 aliphatic rings. The van der Waals surface area contributed by atoms with E-state index >= 15 is 0 Å². The van der Waals surface area contributed by atoms with Crippen molar-refractivity contribution in [2.75, 3.05) is 39.8 Å². The number of hydrogen-bond acceptors (Lipinski definition) is 8. The molecule has 0 spiro atoms. The van der Waals surface area contributed by atoms with Gasteiger partial charge in [0.15, 0.2) is 5.76 Å². The number of hydrogen-bond donors (Lipinski definition) is 6. The molecule has 0 fully saturated rings. The molecule has 4 rings (SSSR count). The number of aliphatic hydroxyl groups excluding tert-OH is 2. The Morgan fingerprint density at radius 2 is 2.05 bits per heavy atom. The molecule has 2 aromatic rings. The van der Waals surface area contributed by atoms with Gasteiger partial charge in [-0.3, -0.25) is 20.7 Å². The first-order valence-corrected chi connectivity index (χ1v) is 13.7. The largest absolute Gasteiger partial charge is 0.511 e. The van der Waals surface area contributed by atoms with E-state index < -0.39 is 11.4 Å². The van der Waals surface area contributed by atoms with Crippen molar-refractivity contribution < 1.29 is 19.4 Å². The maximum atomic E-state index is 13.2. The van der Waals surface area contributed by atoms with Crippen LogP contribution in [-0.2, 0) is 0 Å². The summed E-state index contributed by atoms with van der Waals surface area (Å²) in [4.78, 5) is 15.0. The quantitative estimate of drug-likeness (QED) is 0.129. The molecule has 0 bridgehead atoms. The van der Waals surface area contributed by atoms with Crippen molar-refractivity contribution >= 4 is 40.1 Å². The molecule has 11 heteroatoms. The summed E-state index contributed by atoms with van der Waals surface area (Å²) in [6.07, 6.45) is 0.814. The highest BCUT2D eigenvalue weighted by atomic mass is 35.5. The number of amides is 1. The molecule has 2 unspecified atom stereocenters. The second kappa shape index (κ2) is 13.0. The molecule has 1 amide bonds. The van der Waals surface area contributed by atoms with Gasteiger partial charge in [0.1, 0.15) is 17.6 Å². The van der Waals surface area contributed by atoms with Gasteiger partial charge in [-0.25, -0.2) is 0 Å². The van der Waals surface area contributed by atoms with Crippen molar-refractivity contribution in [3.63, 3.8) is 0 Å². The Kier molecular flexibility index (Phi) is 9.76. The lowest BCUT2D eigenvalue weighted by atomic mass is 9.86. The van der Waals surface area contributed by atoms with Crippen LogP contribution in [0.2, 0.25) is 0 Å². The van der Waals surface area contributed by atoms with E-state index in [1.54, 1.807) is 18.0 Å². The summed E-state index contributed by atoms with van der Waals surface area (Å²) >= 11 is 13.7. The molecule has 3 atom stereocenters. The van der Waals surface area contributed by atoms with Crippen molar-refractivity contribution in [2.24, 2.45) is 0 Å².